The molecule has 0 fully saturated rings. The Kier molecular flexibility index (Phi) is 3.82. The highest BCUT2D eigenvalue weighted by Gasteiger charge is 2.15. The summed E-state index contributed by atoms with van der Waals surface area (Å²) in [6.07, 6.45) is 2.69. The van der Waals surface area contributed by atoms with Crippen molar-refractivity contribution < 1.29 is 0 Å². The summed E-state index contributed by atoms with van der Waals surface area (Å²) in [6.45, 7) is 4.19. The molecule has 92 valence electrons. The quantitative estimate of drug-likeness (QED) is 0.614. The third kappa shape index (κ3) is 2.87. The van der Waals surface area contributed by atoms with Crippen LogP contribution < -0.4 is 11.3 Å². The molecule has 0 saturated carbocycles. The molecule has 0 aromatic carbocycles. The van der Waals surface area contributed by atoms with Crippen LogP contribution in [0.1, 0.15) is 37.3 Å². The number of nitrogens with two attached hydrogens (primary N) is 1. The van der Waals surface area contributed by atoms with Crippen molar-refractivity contribution in [2.45, 2.75) is 32.4 Å². The number of nitrogens with one attached hydrogen (secondary N) is 1. The van der Waals surface area contributed by atoms with E-state index in [-0.39, 0.29) is 6.04 Å². The maximum Gasteiger partial charge on any atom is 0.0942 e. The Bertz CT molecular complexity index is 449. The van der Waals surface area contributed by atoms with Crippen LogP contribution in [0.3, 0.4) is 0 Å². The number of hydrogen-bond donors (Lipinski definition) is 2. The third-order valence-electron chi connectivity index (χ3n) is 2.54. The van der Waals surface area contributed by atoms with Gasteiger partial charge in [-0.05, 0) is 31.4 Å². The summed E-state index contributed by atoms with van der Waals surface area (Å²) in [5.74, 6) is 5.53. The Labute approximate surface area is 104 Å². The Morgan fingerprint density at radius 1 is 1.53 bits per heavy atom. The molecule has 2 heterocycles. The van der Waals surface area contributed by atoms with E-state index in [1.807, 2.05) is 22.3 Å². The summed E-state index contributed by atoms with van der Waals surface area (Å²) in [5, 5.41) is 10.4. The molecule has 3 N–H and O–H groups in total. The molecule has 1 unspecified atom stereocenters. The van der Waals surface area contributed by atoms with Crippen LogP contribution >= 0.6 is 11.5 Å². The van der Waals surface area contributed by atoms with Gasteiger partial charge >= 0.3 is 0 Å². The van der Waals surface area contributed by atoms with E-state index in [1.165, 1.54) is 11.5 Å². The lowest BCUT2D eigenvalue weighted by Gasteiger charge is -2.11. The van der Waals surface area contributed by atoms with Gasteiger partial charge in [-0.2, -0.15) is 5.10 Å². The molecule has 0 aliphatic rings. The highest BCUT2D eigenvalue weighted by Crippen LogP contribution is 2.16. The van der Waals surface area contributed by atoms with Crippen LogP contribution in [0.4, 0.5) is 0 Å². The van der Waals surface area contributed by atoms with E-state index >= 15 is 0 Å². The first-order valence-electron chi connectivity index (χ1n) is 5.48. The molecule has 0 spiro atoms. The predicted octanol–water partition coefficient (Wildman–Crippen LogP) is 1.06. The average molecular weight is 252 g/mol. The lowest BCUT2D eigenvalue weighted by atomic mass is 10.1. The smallest absolute Gasteiger partial charge is 0.0942 e. The highest BCUT2D eigenvalue weighted by atomic mass is 32.1. The highest BCUT2D eigenvalue weighted by molar-refractivity contribution is 7.03. The minimum atomic E-state index is -0.0377. The van der Waals surface area contributed by atoms with Gasteiger partial charge < -0.3 is 0 Å². The number of aromatic nitrogens is 4. The zero-order valence-electron chi connectivity index (χ0n) is 9.87. The first-order chi connectivity index (χ1) is 8.20. The summed E-state index contributed by atoms with van der Waals surface area (Å²) >= 11 is 1.32. The molecule has 2 aromatic rings. The lowest BCUT2D eigenvalue weighted by Crippen LogP contribution is -2.30. The van der Waals surface area contributed by atoms with Gasteiger partial charge in [0.25, 0.3) is 0 Å². The van der Waals surface area contributed by atoms with Crippen LogP contribution in [0.5, 0.6) is 0 Å². The molecule has 1 atom stereocenters. The molecule has 0 amide bonds. The Morgan fingerprint density at radius 3 is 2.88 bits per heavy atom. The van der Waals surface area contributed by atoms with E-state index < -0.39 is 0 Å². The van der Waals surface area contributed by atoms with E-state index in [4.69, 9.17) is 5.84 Å². The second-order valence-electron chi connectivity index (χ2n) is 4.13. The average Bonchev–Trinajstić information content (AvgIpc) is 2.96. The number of nitrogens with zero attached hydrogens (tertiary/aromatic N) is 4. The summed E-state index contributed by atoms with van der Waals surface area (Å²) in [7, 11) is 0. The number of hydrazine groups is 1. The van der Waals surface area contributed by atoms with Crippen molar-refractivity contribution in [1.29, 1.82) is 0 Å². The van der Waals surface area contributed by atoms with Gasteiger partial charge in [-0.25, -0.2) is 0 Å². The normalized spacial score (nSPS) is 13.2. The van der Waals surface area contributed by atoms with Gasteiger partial charge in [0.1, 0.15) is 0 Å². The molecule has 2 aromatic heterocycles. The van der Waals surface area contributed by atoms with Crippen LogP contribution in [0.2, 0.25) is 0 Å². The minimum Gasteiger partial charge on any atom is -0.271 e. The molecule has 0 bridgehead atoms. The van der Waals surface area contributed by atoms with Gasteiger partial charge in [0.2, 0.25) is 0 Å². The van der Waals surface area contributed by atoms with E-state index in [9.17, 15) is 0 Å². The van der Waals surface area contributed by atoms with E-state index in [2.05, 4.69) is 34.0 Å². The van der Waals surface area contributed by atoms with Gasteiger partial charge in [0.05, 0.1) is 17.4 Å². The molecule has 7 heteroatoms. The third-order valence-corrected chi connectivity index (χ3v) is 3.06. The van der Waals surface area contributed by atoms with Crippen molar-refractivity contribution in [3.8, 4) is 0 Å². The lowest BCUT2D eigenvalue weighted by molar-refractivity contribution is 0.501. The van der Waals surface area contributed by atoms with E-state index in [0.29, 0.717) is 12.5 Å². The fourth-order valence-corrected chi connectivity index (χ4v) is 2.06. The summed E-state index contributed by atoms with van der Waals surface area (Å²) in [5.41, 5.74) is 4.60. The SMILES string of the molecule is CC(C)n1ccc(CC(NN)c2csnn2)n1. The van der Waals surface area contributed by atoms with Crippen molar-refractivity contribution >= 4 is 11.5 Å². The largest absolute Gasteiger partial charge is 0.271 e. The standard InChI is InChI=1S/C10H16N6S/c1-7(2)16-4-3-8(14-16)5-9(12-11)10-6-17-15-13-10/h3-4,6-7,9,12H,5,11H2,1-2H3. The monoisotopic (exact) mass is 252 g/mol. The molecule has 0 aliphatic carbocycles. The second kappa shape index (κ2) is 5.35. The van der Waals surface area contributed by atoms with Crippen LogP contribution in [0.25, 0.3) is 0 Å². The molecule has 17 heavy (non-hydrogen) atoms. The predicted molar refractivity (Wildman–Crippen MR) is 66.3 cm³/mol. The zero-order chi connectivity index (χ0) is 12.3. The molecular formula is C10H16N6S. The van der Waals surface area contributed by atoms with Crippen LogP contribution in [-0.4, -0.2) is 19.4 Å². The molecule has 0 saturated heterocycles. The van der Waals surface area contributed by atoms with Gasteiger partial charge in [-0.1, -0.05) is 4.49 Å². The second-order valence-corrected chi connectivity index (χ2v) is 4.74. The first kappa shape index (κ1) is 12.2. The number of rotatable bonds is 5. The first-order valence-corrected chi connectivity index (χ1v) is 6.31. The van der Waals surface area contributed by atoms with Gasteiger partial charge in [0.15, 0.2) is 0 Å². The topological polar surface area (TPSA) is 81.7 Å². The van der Waals surface area contributed by atoms with E-state index in [1.54, 1.807) is 0 Å². The van der Waals surface area contributed by atoms with Crippen molar-refractivity contribution in [2.75, 3.05) is 0 Å². The Morgan fingerprint density at radius 2 is 2.35 bits per heavy atom. The van der Waals surface area contributed by atoms with Crippen LogP contribution in [0, 0.1) is 0 Å². The van der Waals surface area contributed by atoms with Crippen molar-refractivity contribution in [3.05, 3.63) is 29.0 Å². The minimum absolute atomic E-state index is 0.0377. The van der Waals surface area contributed by atoms with Crippen LogP contribution in [-0.2, 0) is 6.42 Å². The molecule has 0 radical (unpaired) electrons. The van der Waals surface area contributed by atoms with Crippen molar-refractivity contribution in [2.24, 2.45) is 5.84 Å². The Hall–Kier alpha value is -1.31. The maximum absolute atomic E-state index is 5.53. The number of hydrogen-bond acceptors (Lipinski definition) is 6. The summed E-state index contributed by atoms with van der Waals surface area (Å²) in [6, 6.07) is 2.34. The van der Waals surface area contributed by atoms with Gasteiger partial charge in [-0.3, -0.25) is 16.0 Å². The molecular weight excluding hydrogens is 236 g/mol. The van der Waals surface area contributed by atoms with Gasteiger partial charge in [0, 0.05) is 24.0 Å². The van der Waals surface area contributed by atoms with E-state index in [0.717, 1.165) is 11.4 Å². The Balaban J connectivity index is 2.08. The molecule has 2 rings (SSSR count). The van der Waals surface area contributed by atoms with Crippen molar-refractivity contribution in [3.63, 3.8) is 0 Å². The van der Waals surface area contributed by atoms with Crippen LogP contribution in [0.15, 0.2) is 17.6 Å². The molecule has 6 nitrogen and oxygen atoms in total. The summed E-state index contributed by atoms with van der Waals surface area (Å²) in [4.78, 5) is 0. The fourth-order valence-electron chi connectivity index (χ4n) is 1.56. The maximum atomic E-state index is 5.53. The fraction of sp³-hybridized carbons (Fsp3) is 0.500. The van der Waals surface area contributed by atoms with Gasteiger partial charge in [-0.15, -0.1) is 5.10 Å². The summed E-state index contributed by atoms with van der Waals surface area (Å²) < 4.78 is 5.77. The zero-order valence-corrected chi connectivity index (χ0v) is 10.7. The van der Waals surface area contributed by atoms with Crippen molar-refractivity contribution in [1.82, 2.24) is 24.8 Å². The molecule has 0 aliphatic heterocycles.